The van der Waals surface area contributed by atoms with Crippen LogP contribution in [0.5, 0.6) is 5.75 Å². The predicted octanol–water partition coefficient (Wildman–Crippen LogP) is 3.84. The van der Waals surface area contributed by atoms with Crippen molar-refractivity contribution < 1.29 is 9.47 Å². The summed E-state index contributed by atoms with van der Waals surface area (Å²) < 4.78 is 11.3. The van der Waals surface area contributed by atoms with Crippen LogP contribution in [-0.2, 0) is 4.74 Å². The normalized spacial score (nSPS) is 15.5. The van der Waals surface area contributed by atoms with Gasteiger partial charge >= 0.3 is 0 Å². The molecule has 1 aliphatic heterocycles. The van der Waals surface area contributed by atoms with Gasteiger partial charge in [0.15, 0.2) is 0 Å². The molecule has 2 aromatic carbocycles. The van der Waals surface area contributed by atoms with Crippen LogP contribution >= 0.6 is 0 Å². The van der Waals surface area contributed by atoms with E-state index in [9.17, 15) is 0 Å². The first-order chi connectivity index (χ1) is 11.4. The van der Waals surface area contributed by atoms with Crippen molar-refractivity contribution in [1.29, 1.82) is 0 Å². The number of ether oxygens (including phenoxy) is 2. The second-order valence-electron chi connectivity index (χ2n) is 5.90. The Morgan fingerprint density at radius 1 is 0.870 bits per heavy atom. The molecule has 0 radical (unpaired) electrons. The van der Waals surface area contributed by atoms with Gasteiger partial charge in [0, 0.05) is 13.1 Å². The molecule has 1 heterocycles. The highest BCUT2D eigenvalue weighted by Crippen LogP contribution is 2.23. The van der Waals surface area contributed by atoms with E-state index in [1.54, 1.807) is 0 Å². The van der Waals surface area contributed by atoms with Gasteiger partial charge in [0.05, 0.1) is 19.8 Å². The molecule has 0 saturated carbocycles. The lowest BCUT2D eigenvalue weighted by Gasteiger charge is -2.26. The highest BCUT2D eigenvalue weighted by Gasteiger charge is 2.09. The van der Waals surface area contributed by atoms with Crippen LogP contribution in [0.4, 0.5) is 0 Å². The van der Waals surface area contributed by atoms with E-state index < -0.39 is 0 Å². The molecule has 3 heteroatoms. The predicted molar refractivity (Wildman–Crippen MR) is 93.9 cm³/mol. The van der Waals surface area contributed by atoms with Crippen molar-refractivity contribution in [2.24, 2.45) is 0 Å². The summed E-state index contributed by atoms with van der Waals surface area (Å²) in [5, 5.41) is 0. The number of benzene rings is 2. The molecule has 0 amide bonds. The summed E-state index contributed by atoms with van der Waals surface area (Å²) in [6.07, 6.45) is 2.27. The minimum Gasteiger partial charge on any atom is -0.494 e. The van der Waals surface area contributed by atoms with Crippen LogP contribution in [0.1, 0.15) is 12.8 Å². The summed E-state index contributed by atoms with van der Waals surface area (Å²) in [7, 11) is 0. The van der Waals surface area contributed by atoms with Gasteiger partial charge in [-0.15, -0.1) is 0 Å². The van der Waals surface area contributed by atoms with Crippen molar-refractivity contribution >= 4 is 0 Å². The van der Waals surface area contributed by atoms with E-state index in [1.165, 1.54) is 17.5 Å². The zero-order chi connectivity index (χ0) is 15.7. The Bertz CT molecular complexity index is 579. The van der Waals surface area contributed by atoms with Crippen LogP contribution in [-0.4, -0.2) is 44.4 Å². The smallest absolute Gasteiger partial charge is 0.119 e. The molecule has 3 rings (SSSR count). The van der Waals surface area contributed by atoms with Crippen molar-refractivity contribution in [3.63, 3.8) is 0 Å². The Labute approximate surface area is 138 Å². The SMILES string of the molecule is c1ccc(-c2cccc(OCCCCN3CCOCC3)c2)cc1. The average Bonchev–Trinajstić information content (AvgIpc) is 2.63. The molecule has 0 spiro atoms. The number of hydrogen-bond donors (Lipinski definition) is 0. The van der Waals surface area contributed by atoms with E-state index in [4.69, 9.17) is 9.47 Å². The molecule has 0 aliphatic carbocycles. The third-order valence-corrected chi connectivity index (χ3v) is 4.18. The molecule has 23 heavy (non-hydrogen) atoms. The number of hydrogen-bond acceptors (Lipinski definition) is 3. The van der Waals surface area contributed by atoms with Crippen molar-refractivity contribution in [3.8, 4) is 16.9 Å². The van der Waals surface area contributed by atoms with Gasteiger partial charge in [-0.2, -0.15) is 0 Å². The maximum Gasteiger partial charge on any atom is 0.119 e. The number of unbranched alkanes of at least 4 members (excludes halogenated alkanes) is 1. The Hall–Kier alpha value is -1.84. The lowest BCUT2D eigenvalue weighted by Crippen LogP contribution is -2.36. The van der Waals surface area contributed by atoms with Crippen molar-refractivity contribution in [2.75, 3.05) is 39.5 Å². The van der Waals surface area contributed by atoms with Gasteiger partial charge in [0.25, 0.3) is 0 Å². The Balaban J connectivity index is 1.42. The second-order valence-corrected chi connectivity index (χ2v) is 5.90. The summed E-state index contributed by atoms with van der Waals surface area (Å²) in [6, 6.07) is 18.8. The summed E-state index contributed by atoms with van der Waals surface area (Å²) in [6.45, 7) is 5.82. The quantitative estimate of drug-likeness (QED) is 0.725. The van der Waals surface area contributed by atoms with E-state index in [0.717, 1.165) is 51.6 Å². The molecule has 122 valence electrons. The molecule has 1 fully saturated rings. The number of rotatable bonds is 7. The topological polar surface area (TPSA) is 21.7 Å². The summed E-state index contributed by atoms with van der Waals surface area (Å²) >= 11 is 0. The fourth-order valence-corrected chi connectivity index (χ4v) is 2.85. The standard InChI is InChI=1S/C20H25NO2/c1-2-7-18(8-3-1)19-9-6-10-20(17-19)23-14-5-4-11-21-12-15-22-16-13-21/h1-3,6-10,17H,4-5,11-16H2. The first kappa shape index (κ1) is 16.0. The van der Waals surface area contributed by atoms with Gasteiger partial charge in [0.2, 0.25) is 0 Å². The lowest BCUT2D eigenvalue weighted by atomic mass is 10.1. The van der Waals surface area contributed by atoms with Crippen LogP contribution in [0.25, 0.3) is 11.1 Å². The van der Waals surface area contributed by atoms with Gasteiger partial charge in [0.1, 0.15) is 5.75 Å². The van der Waals surface area contributed by atoms with Crippen LogP contribution in [0, 0.1) is 0 Å². The highest BCUT2D eigenvalue weighted by molar-refractivity contribution is 5.64. The van der Waals surface area contributed by atoms with Gasteiger partial charge in [-0.1, -0.05) is 42.5 Å². The van der Waals surface area contributed by atoms with Crippen LogP contribution in [0.15, 0.2) is 54.6 Å². The third kappa shape index (κ3) is 5.08. The molecule has 0 N–H and O–H groups in total. The van der Waals surface area contributed by atoms with E-state index in [2.05, 4.69) is 47.4 Å². The lowest BCUT2D eigenvalue weighted by molar-refractivity contribution is 0.0368. The summed E-state index contributed by atoms with van der Waals surface area (Å²) in [4.78, 5) is 2.47. The maximum atomic E-state index is 5.91. The number of nitrogens with zero attached hydrogens (tertiary/aromatic N) is 1. The fourth-order valence-electron chi connectivity index (χ4n) is 2.85. The molecule has 0 unspecified atom stereocenters. The van der Waals surface area contributed by atoms with Crippen molar-refractivity contribution in [2.45, 2.75) is 12.8 Å². The van der Waals surface area contributed by atoms with Gasteiger partial charge in [-0.3, -0.25) is 4.90 Å². The molecule has 0 bridgehead atoms. The molecule has 1 aliphatic rings. The molecular formula is C20H25NO2. The van der Waals surface area contributed by atoms with Gasteiger partial charge in [-0.25, -0.2) is 0 Å². The minimum atomic E-state index is 0.780. The Morgan fingerprint density at radius 3 is 2.48 bits per heavy atom. The fraction of sp³-hybridized carbons (Fsp3) is 0.400. The second kappa shape index (κ2) is 8.70. The molecule has 1 saturated heterocycles. The zero-order valence-electron chi connectivity index (χ0n) is 13.6. The largest absolute Gasteiger partial charge is 0.494 e. The first-order valence-electron chi connectivity index (χ1n) is 8.50. The van der Waals surface area contributed by atoms with E-state index >= 15 is 0 Å². The summed E-state index contributed by atoms with van der Waals surface area (Å²) in [5.74, 6) is 0.956. The molecule has 2 aromatic rings. The van der Waals surface area contributed by atoms with Crippen LogP contribution < -0.4 is 4.74 Å². The number of morpholine rings is 1. The third-order valence-electron chi connectivity index (χ3n) is 4.18. The van der Waals surface area contributed by atoms with Gasteiger partial charge < -0.3 is 9.47 Å². The average molecular weight is 311 g/mol. The Kier molecular flexibility index (Phi) is 6.07. The molecular weight excluding hydrogens is 286 g/mol. The van der Waals surface area contributed by atoms with Crippen molar-refractivity contribution in [3.05, 3.63) is 54.6 Å². The Morgan fingerprint density at radius 2 is 1.65 bits per heavy atom. The highest BCUT2D eigenvalue weighted by atomic mass is 16.5. The zero-order valence-corrected chi connectivity index (χ0v) is 13.6. The monoisotopic (exact) mass is 311 g/mol. The van der Waals surface area contributed by atoms with E-state index in [1.807, 2.05) is 12.1 Å². The van der Waals surface area contributed by atoms with E-state index in [-0.39, 0.29) is 0 Å². The van der Waals surface area contributed by atoms with Crippen molar-refractivity contribution in [1.82, 2.24) is 4.90 Å². The van der Waals surface area contributed by atoms with Gasteiger partial charge in [-0.05, 0) is 42.6 Å². The summed E-state index contributed by atoms with van der Waals surface area (Å²) in [5.41, 5.74) is 2.43. The molecule has 0 atom stereocenters. The van der Waals surface area contributed by atoms with E-state index in [0.29, 0.717) is 0 Å². The minimum absolute atomic E-state index is 0.780. The van der Waals surface area contributed by atoms with Crippen LogP contribution in [0.3, 0.4) is 0 Å². The molecule has 3 nitrogen and oxygen atoms in total. The van der Waals surface area contributed by atoms with Crippen LogP contribution in [0.2, 0.25) is 0 Å². The molecule has 0 aromatic heterocycles. The maximum absolute atomic E-state index is 5.91. The first-order valence-corrected chi connectivity index (χ1v) is 8.50.